The molecule has 0 aliphatic rings. The lowest BCUT2D eigenvalue weighted by Crippen LogP contribution is -2.51. The van der Waals surface area contributed by atoms with E-state index in [1.807, 2.05) is 44.2 Å². The van der Waals surface area contributed by atoms with Crippen molar-refractivity contribution in [2.75, 3.05) is 30.8 Å². The average molecular weight is 683 g/mol. The largest absolute Gasteiger partial charge is 0.495 e. The Hall–Kier alpha value is -2.98. The lowest BCUT2D eigenvalue weighted by molar-refractivity contribution is -0.141. The van der Waals surface area contributed by atoms with Crippen molar-refractivity contribution in [3.8, 4) is 5.75 Å². The first-order valence-corrected chi connectivity index (χ1v) is 17.1. The van der Waals surface area contributed by atoms with Crippen LogP contribution in [-0.4, -0.2) is 57.6 Å². The van der Waals surface area contributed by atoms with E-state index < -0.39 is 16.1 Å². The average Bonchev–Trinajstić information content (AvgIpc) is 2.96. The minimum absolute atomic E-state index is 0.0195. The highest BCUT2D eigenvalue weighted by Crippen LogP contribution is 2.31. The fourth-order valence-electron chi connectivity index (χ4n) is 4.62. The number of carbonyl (C=O) groups is 2. The van der Waals surface area contributed by atoms with Gasteiger partial charge in [-0.3, -0.25) is 13.9 Å². The molecular weight excluding hydrogens is 645 g/mol. The number of benzene rings is 3. The van der Waals surface area contributed by atoms with Crippen LogP contribution in [0.15, 0.2) is 66.7 Å². The number of hydrogen-bond acceptors (Lipinski definition) is 5. The molecule has 0 saturated carbocycles. The molecule has 0 aliphatic heterocycles. The van der Waals surface area contributed by atoms with Crippen LogP contribution in [0.25, 0.3) is 0 Å². The van der Waals surface area contributed by atoms with E-state index in [1.54, 1.807) is 30.3 Å². The number of carbonyl (C=O) groups excluding carboxylic acids is 2. The third-order valence-electron chi connectivity index (χ3n) is 6.89. The zero-order valence-electron chi connectivity index (χ0n) is 25.2. The minimum Gasteiger partial charge on any atom is -0.495 e. The molecule has 0 aliphatic carbocycles. The van der Waals surface area contributed by atoms with Crippen molar-refractivity contribution in [1.29, 1.82) is 0 Å². The Morgan fingerprint density at radius 2 is 1.66 bits per heavy atom. The van der Waals surface area contributed by atoms with Gasteiger partial charge in [-0.2, -0.15) is 0 Å². The molecular formula is C32H38Cl3N3O5S. The van der Waals surface area contributed by atoms with Gasteiger partial charge in [0.2, 0.25) is 21.8 Å². The summed E-state index contributed by atoms with van der Waals surface area (Å²) in [6.07, 6.45) is 1.54. The Labute approximate surface area is 275 Å². The molecule has 44 heavy (non-hydrogen) atoms. The smallest absolute Gasteiger partial charge is 0.243 e. The van der Waals surface area contributed by atoms with Crippen LogP contribution < -0.4 is 14.4 Å². The predicted molar refractivity (Wildman–Crippen MR) is 178 cm³/mol. The molecule has 0 radical (unpaired) electrons. The molecule has 0 saturated heterocycles. The number of methoxy groups -OCH3 is 1. The number of hydrogen-bond donors (Lipinski definition) is 1. The van der Waals surface area contributed by atoms with Gasteiger partial charge in [-0.15, -0.1) is 0 Å². The highest BCUT2D eigenvalue weighted by molar-refractivity contribution is 7.92. The zero-order valence-corrected chi connectivity index (χ0v) is 28.3. The highest BCUT2D eigenvalue weighted by atomic mass is 35.5. The maximum Gasteiger partial charge on any atom is 0.243 e. The number of ether oxygens (including phenoxy) is 1. The minimum atomic E-state index is -3.70. The third kappa shape index (κ3) is 10.3. The summed E-state index contributed by atoms with van der Waals surface area (Å²) < 4.78 is 31.8. The lowest BCUT2D eigenvalue weighted by atomic mass is 10.0. The first kappa shape index (κ1) is 35.5. The van der Waals surface area contributed by atoms with Crippen LogP contribution >= 0.6 is 34.8 Å². The summed E-state index contributed by atoms with van der Waals surface area (Å²) in [7, 11) is -2.23. The van der Waals surface area contributed by atoms with Gasteiger partial charge in [0.25, 0.3) is 0 Å². The number of sulfonamides is 1. The molecule has 1 N–H and O–H groups in total. The molecule has 2 amide bonds. The molecule has 0 aromatic heterocycles. The van der Waals surface area contributed by atoms with Gasteiger partial charge >= 0.3 is 0 Å². The van der Waals surface area contributed by atoms with Gasteiger partial charge < -0.3 is 15.0 Å². The first-order chi connectivity index (χ1) is 20.8. The molecule has 0 bridgehead atoms. The zero-order chi connectivity index (χ0) is 32.4. The van der Waals surface area contributed by atoms with Gasteiger partial charge in [-0.25, -0.2) is 8.42 Å². The summed E-state index contributed by atoms with van der Waals surface area (Å²) in [5.74, 6) is 0.0138. The van der Waals surface area contributed by atoms with Crippen LogP contribution in [0.2, 0.25) is 15.1 Å². The summed E-state index contributed by atoms with van der Waals surface area (Å²) >= 11 is 18.9. The lowest BCUT2D eigenvalue weighted by Gasteiger charge is -2.32. The second-order valence-corrected chi connectivity index (χ2v) is 14.0. The fraction of sp³-hybridized carbons (Fsp3) is 0.375. The van der Waals surface area contributed by atoms with Crippen molar-refractivity contribution >= 4 is 62.3 Å². The molecule has 1 atom stereocenters. The molecule has 3 aromatic rings. The van der Waals surface area contributed by atoms with Crippen LogP contribution in [0, 0.1) is 5.92 Å². The first-order valence-electron chi connectivity index (χ1n) is 14.2. The Morgan fingerprint density at radius 1 is 0.955 bits per heavy atom. The maximum atomic E-state index is 14.0. The topological polar surface area (TPSA) is 96.0 Å². The van der Waals surface area contributed by atoms with E-state index in [2.05, 4.69) is 5.32 Å². The van der Waals surface area contributed by atoms with Crippen molar-refractivity contribution in [1.82, 2.24) is 10.2 Å². The second-order valence-electron chi connectivity index (χ2n) is 10.9. The molecule has 0 fully saturated rings. The van der Waals surface area contributed by atoms with Gasteiger partial charge in [0.1, 0.15) is 11.8 Å². The normalized spacial score (nSPS) is 12.1. The van der Waals surface area contributed by atoms with E-state index in [-0.39, 0.29) is 55.1 Å². The predicted octanol–water partition coefficient (Wildman–Crippen LogP) is 6.61. The van der Waals surface area contributed by atoms with E-state index in [0.29, 0.717) is 33.6 Å². The van der Waals surface area contributed by atoms with Gasteiger partial charge in [-0.05, 0) is 53.8 Å². The van der Waals surface area contributed by atoms with Crippen molar-refractivity contribution < 1.29 is 22.7 Å². The molecule has 8 nitrogen and oxygen atoms in total. The standard InChI is InChI=1S/C32H38Cl3N3O5S/c1-22(2)20-36-32(40)29(17-23-9-6-5-7-10-23)37(21-24-12-13-25(33)18-27(24)34)31(39)11-8-16-38(44(4,41)42)26-14-15-30(43-3)28(35)19-26/h5-7,9-10,12-15,18-19,22,29H,8,11,16-17,20-21H2,1-4H3,(H,36,40)/t29-/m1/s1. The summed E-state index contributed by atoms with van der Waals surface area (Å²) in [6, 6.07) is 18.3. The van der Waals surface area contributed by atoms with E-state index in [1.165, 1.54) is 22.4 Å². The molecule has 0 heterocycles. The maximum absolute atomic E-state index is 14.0. The Kier molecular flexibility index (Phi) is 13.2. The molecule has 0 unspecified atom stereocenters. The number of amides is 2. The summed E-state index contributed by atoms with van der Waals surface area (Å²) in [5, 5.41) is 4.06. The number of nitrogens with one attached hydrogen (secondary N) is 1. The summed E-state index contributed by atoms with van der Waals surface area (Å²) in [6.45, 7) is 4.51. The third-order valence-corrected chi connectivity index (χ3v) is 8.96. The van der Waals surface area contributed by atoms with Gasteiger partial charge in [0.05, 0.1) is 24.1 Å². The summed E-state index contributed by atoms with van der Waals surface area (Å²) in [4.78, 5) is 29.1. The van der Waals surface area contributed by atoms with Crippen LogP contribution in [0.3, 0.4) is 0 Å². The molecule has 238 valence electrons. The van der Waals surface area contributed by atoms with Gasteiger partial charge in [0.15, 0.2) is 0 Å². The van der Waals surface area contributed by atoms with E-state index >= 15 is 0 Å². The highest BCUT2D eigenvalue weighted by Gasteiger charge is 2.31. The molecule has 3 aromatic carbocycles. The molecule has 12 heteroatoms. The van der Waals surface area contributed by atoms with E-state index in [4.69, 9.17) is 39.5 Å². The Bertz CT molecular complexity index is 1540. The van der Waals surface area contributed by atoms with Crippen LogP contribution in [0.1, 0.15) is 37.8 Å². The van der Waals surface area contributed by atoms with E-state index in [0.717, 1.165) is 11.8 Å². The van der Waals surface area contributed by atoms with Crippen LogP contribution in [-0.2, 0) is 32.6 Å². The van der Waals surface area contributed by atoms with Crippen molar-refractivity contribution in [2.24, 2.45) is 5.92 Å². The van der Waals surface area contributed by atoms with Gasteiger partial charge in [-0.1, -0.05) is 85.0 Å². The number of rotatable bonds is 15. The van der Waals surface area contributed by atoms with Crippen molar-refractivity contribution in [2.45, 2.75) is 45.7 Å². The summed E-state index contributed by atoms with van der Waals surface area (Å²) in [5.41, 5.74) is 1.87. The van der Waals surface area contributed by atoms with Crippen molar-refractivity contribution in [3.63, 3.8) is 0 Å². The Morgan fingerprint density at radius 3 is 2.25 bits per heavy atom. The van der Waals surface area contributed by atoms with E-state index in [9.17, 15) is 18.0 Å². The quantitative estimate of drug-likeness (QED) is 0.195. The number of halogens is 3. The molecule has 3 rings (SSSR count). The monoisotopic (exact) mass is 681 g/mol. The number of anilines is 1. The van der Waals surface area contributed by atoms with Gasteiger partial charge in [0, 0.05) is 42.5 Å². The van der Waals surface area contributed by atoms with Crippen LogP contribution in [0.5, 0.6) is 5.75 Å². The molecule has 0 spiro atoms. The van der Waals surface area contributed by atoms with Crippen LogP contribution in [0.4, 0.5) is 5.69 Å². The number of nitrogens with zero attached hydrogens (tertiary/aromatic N) is 2. The Balaban J connectivity index is 1.91. The fourth-order valence-corrected chi connectivity index (χ4v) is 6.30. The SMILES string of the molecule is COc1ccc(N(CCCC(=O)N(Cc2ccc(Cl)cc2Cl)[C@H](Cc2ccccc2)C(=O)NCC(C)C)S(C)(=O)=O)cc1Cl. The van der Waals surface area contributed by atoms with Crippen molar-refractivity contribution in [3.05, 3.63) is 92.9 Å². The second kappa shape index (κ2) is 16.4.